The summed E-state index contributed by atoms with van der Waals surface area (Å²) >= 11 is 0. The Kier molecular flexibility index (Phi) is 8.64. The Bertz CT molecular complexity index is 1000. The van der Waals surface area contributed by atoms with Crippen LogP contribution in [0.3, 0.4) is 0 Å². The molecule has 1 saturated heterocycles. The summed E-state index contributed by atoms with van der Waals surface area (Å²) in [5.41, 5.74) is 4.12. The molecule has 0 saturated carbocycles. The lowest BCUT2D eigenvalue weighted by Crippen LogP contribution is -2.49. The van der Waals surface area contributed by atoms with Crippen molar-refractivity contribution in [1.29, 1.82) is 0 Å². The number of hydrogen-bond donors (Lipinski definition) is 0. The minimum Gasteiger partial charge on any atom is -0.467 e. The van der Waals surface area contributed by atoms with Gasteiger partial charge in [-0.2, -0.15) is 0 Å². The number of methoxy groups -OCH3 is 1. The van der Waals surface area contributed by atoms with Crippen LogP contribution in [0, 0.1) is 0 Å². The second kappa shape index (κ2) is 12.3. The molecule has 0 spiro atoms. The van der Waals surface area contributed by atoms with Crippen LogP contribution in [0.2, 0.25) is 0 Å². The molecule has 1 heterocycles. The van der Waals surface area contributed by atoms with Crippen molar-refractivity contribution in [3.8, 4) is 0 Å². The van der Waals surface area contributed by atoms with Gasteiger partial charge in [0.05, 0.1) is 12.8 Å². The molecule has 3 aromatic rings. The monoisotopic (exact) mass is 454 g/mol. The Balaban J connectivity index is 1.74. The molecule has 0 aromatic heterocycles. The zero-order valence-electron chi connectivity index (χ0n) is 20.0. The highest BCUT2D eigenvalue weighted by molar-refractivity contribution is 6.13. The Labute approximate surface area is 203 Å². The fourth-order valence-electron chi connectivity index (χ4n) is 4.81. The lowest BCUT2D eigenvalue weighted by atomic mass is 9.95. The standard InChI is InChI=1S/C30H34N2O2/c1-34-30(33)29(31-28(25-16-8-3-9-17-25)26-18-10-4-11-19-26)27(32-22-12-5-13-23-32)21-20-24-14-6-2-7-15-24/h2-4,6-11,14-19,27,29H,5,12-13,20-23H2,1H3. The number of esters is 1. The third-order valence-corrected chi connectivity index (χ3v) is 6.60. The zero-order valence-corrected chi connectivity index (χ0v) is 20.0. The number of ether oxygens (including phenoxy) is 1. The van der Waals surface area contributed by atoms with Gasteiger partial charge < -0.3 is 4.74 Å². The Morgan fingerprint density at radius 3 is 1.88 bits per heavy atom. The highest BCUT2D eigenvalue weighted by atomic mass is 16.5. The third-order valence-electron chi connectivity index (χ3n) is 6.60. The van der Waals surface area contributed by atoms with Crippen LogP contribution in [0.5, 0.6) is 0 Å². The SMILES string of the molecule is COC(=O)C(N=C(c1ccccc1)c1ccccc1)C(CCc1ccccc1)N1CCCCC1. The molecular weight excluding hydrogens is 420 g/mol. The van der Waals surface area contributed by atoms with Crippen LogP contribution in [0.25, 0.3) is 0 Å². The first-order chi connectivity index (χ1) is 16.8. The summed E-state index contributed by atoms with van der Waals surface area (Å²) < 4.78 is 5.34. The molecule has 1 fully saturated rings. The van der Waals surface area contributed by atoms with E-state index in [1.54, 1.807) is 0 Å². The van der Waals surface area contributed by atoms with Gasteiger partial charge in [-0.25, -0.2) is 4.79 Å². The molecule has 2 atom stereocenters. The maximum Gasteiger partial charge on any atom is 0.332 e. The second-order valence-corrected chi connectivity index (χ2v) is 8.87. The van der Waals surface area contributed by atoms with Crippen LogP contribution in [-0.4, -0.2) is 48.9 Å². The molecule has 0 radical (unpaired) electrons. The first-order valence-corrected chi connectivity index (χ1v) is 12.3. The maximum atomic E-state index is 13.2. The molecule has 4 heteroatoms. The van der Waals surface area contributed by atoms with Gasteiger partial charge in [0.15, 0.2) is 6.04 Å². The van der Waals surface area contributed by atoms with Gasteiger partial charge in [-0.3, -0.25) is 9.89 Å². The van der Waals surface area contributed by atoms with Crippen molar-refractivity contribution in [2.75, 3.05) is 20.2 Å². The smallest absolute Gasteiger partial charge is 0.332 e. The minimum absolute atomic E-state index is 0.0182. The summed E-state index contributed by atoms with van der Waals surface area (Å²) in [6, 6.07) is 30.2. The number of nitrogens with zero attached hydrogens (tertiary/aromatic N) is 2. The molecule has 3 aromatic carbocycles. The highest BCUT2D eigenvalue weighted by Gasteiger charge is 2.34. The van der Waals surface area contributed by atoms with Crippen molar-refractivity contribution in [3.05, 3.63) is 108 Å². The predicted octanol–water partition coefficient (Wildman–Crippen LogP) is 5.55. The van der Waals surface area contributed by atoms with Gasteiger partial charge in [0.2, 0.25) is 0 Å². The molecule has 4 nitrogen and oxygen atoms in total. The van der Waals surface area contributed by atoms with Crippen LogP contribution in [0.4, 0.5) is 0 Å². The fourth-order valence-corrected chi connectivity index (χ4v) is 4.81. The van der Waals surface area contributed by atoms with E-state index in [1.165, 1.54) is 19.1 Å². The molecule has 2 unspecified atom stereocenters. The molecule has 4 rings (SSSR count). The summed E-state index contributed by atoms with van der Waals surface area (Å²) in [6.45, 7) is 1.99. The Hall–Kier alpha value is -3.24. The molecule has 0 bridgehead atoms. The quantitative estimate of drug-likeness (QED) is 0.314. The van der Waals surface area contributed by atoms with Gasteiger partial charge in [-0.15, -0.1) is 0 Å². The first-order valence-electron chi connectivity index (χ1n) is 12.3. The summed E-state index contributed by atoms with van der Waals surface area (Å²) in [5.74, 6) is -0.270. The van der Waals surface area contributed by atoms with Crippen LogP contribution in [0.15, 0.2) is 96.0 Å². The van der Waals surface area contributed by atoms with E-state index < -0.39 is 6.04 Å². The van der Waals surface area contributed by atoms with Gasteiger partial charge in [-0.05, 0) is 44.3 Å². The zero-order chi connectivity index (χ0) is 23.6. The lowest BCUT2D eigenvalue weighted by Gasteiger charge is -2.37. The van der Waals surface area contributed by atoms with Crippen molar-refractivity contribution in [2.24, 2.45) is 4.99 Å². The van der Waals surface area contributed by atoms with E-state index >= 15 is 0 Å². The first kappa shape index (κ1) is 23.9. The van der Waals surface area contributed by atoms with E-state index in [1.807, 2.05) is 42.5 Å². The summed E-state index contributed by atoms with van der Waals surface area (Å²) in [6.07, 6.45) is 5.31. The van der Waals surface area contributed by atoms with Crippen molar-refractivity contribution in [3.63, 3.8) is 0 Å². The third kappa shape index (κ3) is 6.21. The van der Waals surface area contributed by atoms with Crippen LogP contribution in [0.1, 0.15) is 42.4 Å². The topological polar surface area (TPSA) is 41.9 Å². The van der Waals surface area contributed by atoms with Crippen molar-refractivity contribution < 1.29 is 9.53 Å². The van der Waals surface area contributed by atoms with Gasteiger partial charge >= 0.3 is 5.97 Å². The summed E-state index contributed by atoms with van der Waals surface area (Å²) in [7, 11) is 1.47. The lowest BCUT2D eigenvalue weighted by molar-refractivity contribution is -0.144. The molecule has 176 valence electrons. The Morgan fingerprint density at radius 2 is 1.35 bits per heavy atom. The number of aryl methyl sites for hydroxylation is 1. The van der Waals surface area contributed by atoms with Crippen LogP contribution in [-0.2, 0) is 16.0 Å². The average Bonchev–Trinajstić information content (AvgIpc) is 2.92. The molecule has 1 aliphatic rings. The molecule has 1 aliphatic heterocycles. The largest absolute Gasteiger partial charge is 0.467 e. The van der Waals surface area contributed by atoms with Crippen LogP contribution >= 0.6 is 0 Å². The number of aliphatic imine (C=N–C) groups is 1. The predicted molar refractivity (Wildman–Crippen MR) is 138 cm³/mol. The van der Waals surface area contributed by atoms with Gasteiger partial charge in [0, 0.05) is 17.2 Å². The van der Waals surface area contributed by atoms with Gasteiger partial charge in [0.1, 0.15) is 0 Å². The highest BCUT2D eigenvalue weighted by Crippen LogP contribution is 2.23. The van der Waals surface area contributed by atoms with Crippen LogP contribution < -0.4 is 0 Å². The molecule has 0 aliphatic carbocycles. The van der Waals surface area contributed by atoms with Gasteiger partial charge in [0.25, 0.3) is 0 Å². The number of hydrogen-bond acceptors (Lipinski definition) is 4. The van der Waals surface area contributed by atoms with Crippen molar-refractivity contribution in [1.82, 2.24) is 4.90 Å². The van der Waals surface area contributed by atoms with E-state index in [2.05, 4.69) is 53.4 Å². The van der Waals surface area contributed by atoms with E-state index in [-0.39, 0.29) is 12.0 Å². The van der Waals surface area contributed by atoms with Gasteiger partial charge in [-0.1, -0.05) is 97.4 Å². The fraction of sp³-hybridized carbons (Fsp3) is 0.333. The molecular formula is C30H34N2O2. The number of rotatable bonds is 9. The number of benzene rings is 3. The van der Waals surface area contributed by atoms with E-state index in [4.69, 9.17) is 9.73 Å². The Morgan fingerprint density at radius 1 is 0.824 bits per heavy atom. The van der Waals surface area contributed by atoms with E-state index in [0.29, 0.717) is 0 Å². The normalized spacial score (nSPS) is 15.8. The molecule has 0 N–H and O–H groups in total. The van der Waals surface area contributed by atoms with Crippen molar-refractivity contribution in [2.45, 2.75) is 44.2 Å². The molecule has 0 amide bonds. The van der Waals surface area contributed by atoms with E-state index in [9.17, 15) is 4.79 Å². The number of likely N-dealkylation sites (tertiary alicyclic amines) is 1. The number of piperidine rings is 1. The second-order valence-electron chi connectivity index (χ2n) is 8.87. The molecule has 34 heavy (non-hydrogen) atoms. The van der Waals surface area contributed by atoms with Crippen molar-refractivity contribution >= 4 is 11.7 Å². The minimum atomic E-state index is -0.595. The number of carbonyl (C=O) groups excluding carboxylic acids is 1. The number of carbonyl (C=O) groups is 1. The average molecular weight is 455 g/mol. The summed E-state index contributed by atoms with van der Waals surface area (Å²) in [5, 5.41) is 0. The van der Waals surface area contributed by atoms with E-state index in [0.717, 1.165) is 55.6 Å². The maximum absolute atomic E-state index is 13.2. The summed E-state index contributed by atoms with van der Waals surface area (Å²) in [4.78, 5) is 20.9.